The molecule has 13 heavy (non-hydrogen) atoms. The highest BCUT2D eigenvalue weighted by Gasteiger charge is 2.21. The lowest BCUT2D eigenvalue weighted by Crippen LogP contribution is -1.98. The summed E-state index contributed by atoms with van der Waals surface area (Å²) in [5.41, 5.74) is 3.14. The summed E-state index contributed by atoms with van der Waals surface area (Å²) in [6, 6.07) is 8.86. The van der Waals surface area contributed by atoms with Crippen LogP contribution in [0.4, 0.5) is 0 Å². The molecule has 0 nitrogen and oxygen atoms in total. The van der Waals surface area contributed by atoms with Crippen molar-refractivity contribution >= 4 is 0 Å². The highest BCUT2D eigenvalue weighted by atomic mass is 14.3. The molecule has 1 aromatic carbocycles. The third kappa shape index (κ3) is 1.77. The number of hydrogen-bond acceptors (Lipinski definition) is 0. The Kier molecular flexibility index (Phi) is 2.39. The van der Waals surface area contributed by atoms with Crippen LogP contribution in [0.1, 0.15) is 36.8 Å². The van der Waals surface area contributed by atoms with Crippen LogP contribution >= 0.6 is 0 Å². The highest BCUT2D eigenvalue weighted by molar-refractivity contribution is 5.34. The molecule has 0 heterocycles. The second-order valence-corrected chi connectivity index (χ2v) is 4.28. The zero-order chi connectivity index (χ0) is 9.26. The molecule has 0 spiro atoms. The van der Waals surface area contributed by atoms with Gasteiger partial charge in [-0.1, -0.05) is 38.1 Å². The quantitative estimate of drug-likeness (QED) is 0.641. The Balaban J connectivity index is 2.18. The van der Waals surface area contributed by atoms with Crippen LogP contribution in [-0.4, -0.2) is 0 Å². The minimum absolute atomic E-state index is 0.580. The fourth-order valence-corrected chi connectivity index (χ4v) is 2.38. The van der Waals surface area contributed by atoms with E-state index in [1.807, 2.05) is 0 Å². The van der Waals surface area contributed by atoms with Gasteiger partial charge in [-0.2, -0.15) is 0 Å². The van der Waals surface area contributed by atoms with Crippen LogP contribution in [0, 0.1) is 12.8 Å². The number of hydrogen-bond donors (Lipinski definition) is 0. The molecule has 1 aromatic rings. The van der Waals surface area contributed by atoms with Gasteiger partial charge in [-0.05, 0) is 42.2 Å². The van der Waals surface area contributed by atoms with Gasteiger partial charge in [0, 0.05) is 0 Å². The molecule has 0 bridgehead atoms. The molecular formula is C13H17. The van der Waals surface area contributed by atoms with Crippen molar-refractivity contribution in [3.63, 3.8) is 0 Å². The van der Waals surface area contributed by atoms with E-state index in [-0.39, 0.29) is 0 Å². The van der Waals surface area contributed by atoms with Gasteiger partial charge in [0.25, 0.3) is 0 Å². The fraction of sp³-hybridized carbons (Fsp3) is 0.462. The lowest BCUT2D eigenvalue weighted by molar-refractivity contribution is 0.531. The Labute approximate surface area is 81.0 Å². The van der Waals surface area contributed by atoms with E-state index >= 15 is 0 Å². The molecule has 0 fully saturated rings. The van der Waals surface area contributed by atoms with Gasteiger partial charge in [0.05, 0.1) is 0 Å². The Bertz CT molecular complexity index is 286. The standard InChI is InChI=1S/C13H17/c1-10(2)9-12-8-7-11-5-3-4-6-13(11)12/h3-6,10,12H,1,7-9H2,2H3. The van der Waals surface area contributed by atoms with Gasteiger partial charge >= 0.3 is 0 Å². The second kappa shape index (κ2) is 3.53. The Morgan fingerprint density at radius 2 is 2.23 bits per heavy atom. The van der Waals surface area contributed by atoms with E-state index < -0.39 is 0 Å². The molecule has 2 atom stereocenters. The van der Waals surface area contributed by atoms with Crippen molar-refractivity contribution in [2.24, 2.45) is 5.92 Å². The molecule has 0 N–H and O–H groups in total. The molecule has 0 aromatic heterocycles. The highest BCUT2D eigenvalue weighted by Crippen LogP contribution is 2.36. The average Bonchev–Trinajstić information content (AvgIpc) is 2.48. The van der Waals surface area contributed by atoms with E-state index in [9.17, 15) is 0 Å². The van der Waals surface area contributed by atoms with Crippen LogP contribution in [0.25, 0.3) is 0 Å². The molecule has 2 unspecified atom stereocenters. The first-order valence-electron chi connectivity index (χ1n) is 5.18. The molecule has 0 heteroatoms. The van der Waals surface area contributed by atoms with E-state index in [1.54, 1.807) is 11.1 Å². The molecule has 69 valence electrons. The van der Waals surface area contributed by atoms with Gasteiger partial charge in [-0.25, -0.2) is 0 Å². The van der Waals surface area contributed by atoms with Gasteiger partial charge < -0.3 is 0 Å². The molecule has 0 aliphatic heterocycles. The van der Waals surface area contributed by atoms with Crippen molar-refractivity contribution in [2.45, 2.75) is 32.1 Å². The van der Waals surface area contributed by atoms with Gasteiger partial charge in [-0.3, -0.25) is 0 Å². The SMILES string of the molecule is [CH2]C(C)CC1CCc2ccccc21. The Morgan fingerprint density at radius 3 is 3.00 bits per heavy atom. The number of aryl methyl sites for hydroxylation is 1. The van der Waals surface area contributed by atoms with E-state index in [0.29, 0.717) is 5.92 Å². The Hall–Kier alpha value is -0.780. The largest absolute Gasteiger partial charge is 0.0625 e. The maximum Gasteiger partial charge on any atom is -0.0154 e. The topological polar surface area (TPSA) is 0 Å². The van der Waals surface area contributed by atoms with Crippen molar-refractivity contribution in [3.8, 4) is 0 Å². The molecule has 1 aliphatic rings. The molecule has 0 saturated carbocycles. The molecule has 0 amide bonds. The summed E-state index contributed by atoms with van der Waals surface area (Å²) in [5.74, 6) is 1.36. The van der Waals surface area contributed by atoms with Crippen molar-refractivity contribution in [1.82, 2.24) is 0 Å². The van der Waals surface area contributed by atoms with Crippen molar-refractivity contribution < 1.29 is 0 Å². The summed E-state index contributed by atoms with van der Waals surface area (Å²) >= 11 is 0. The molecular weight excluding hydrogens is 156 g/mol. The smallest absolute Gasteiger partial charge is 0.0154 e. The first-order chi connectivity index (χ1) is 6.27. The summed E-state index contributed by atoms with van der Waals surface area (Å²) in [6.07, 6.45) is 3.85. The number of fused-ring (bicyclic) bond motifs is 1. The van der Waals surface area contributed by atoms with Crippen molar-refractivity contribution in [3.05, 3.63) is 42.3 Å². The third-order valence-electron chi connectivity index (χ3n) is 2.94. The van der Waals surface area contributed by atoms with Crippen LogP contribution in [0.15, 0.2) is 24.3 Å². The Morgan fingerprint density at radius 1 is 1.46 bits per heavy atom. The van der Waals surface area contributed by atoms with E-state index in [2.05, 4.69) is 38.1 Å². The summed E-state index contributed by atoms with van der Waals surface area (Å²) in [7, 11) is 0. The van der Waals surface area contributed by atoms with Gasteiger partial charge in [0.2, 0.25) is 0 Å². The lowest BCUT2D eigenvalue weighted by atomic mass is 9.92. The summed E-state index contributed by atoms with van der Waals surface area (Å²) < 4.78 is 0. The van der Waals surface area contributed by atoms with Crippen molar-refractivity contribution in [2.75, 3.05) is 0 Å². The van der Waals surface area contributed by atoms with Crippen molar-refractivity contribution in [1.29, 1.82) is 0 Å². The third-order valence-corrected chi connectivity index (χ3v) is 2.94. The van der Waals surface area contributed by atoms with E-state index in [0.717, 1.165) is 5.92 Å². The first kappa shape index (κ1) is 8.80. The van der Waals surface area contributed by atoms with Crippen LogP contribution in [0.2, 0.25) is 0 Å². The van der Waals surface area contributed by atoms with E-state index in [1.165, 1.54) is 19.3 Å². The van der Waals surface area contributed by atoms with Gasteiger partial charge in [0.1, 0.15) is 0 Å². The fourth-order valence-electron chi connectivity index (χ4n) is 2.38. The minimum Gasteiger partial charge on any atom is -0.0625 e. The summed E-state index contributed by atoms with van der Waals surface area (Å²) in [5, 5.41) is 0. The van der Waals surface area contributed by atoms with Crippen LogP contribution < -0.4 is 0 Å². The predicted molar refractivity (Wildman–Crippen MR) is 56.6 cm³/mol. The first-order valence-corrected chi connectivity index (χ1v) is 5.18. The molecule has 1 radical (unpaired) electrons. The number of rotatable bonds is 2. The summed E-state index contributed by atoms with van der Waals surface area (Å²) in [4.78, 5) is 0. The van der Waals surface area contributed by atoms with Gasteiger partial charge in [0.15, 0.2) is 0 Å². The maximum absolute atomic E-state index is 4.07. The zero-order valence-corrected chi connectivity index (χ0v) is 8.29. The summed E-state index contributed by atoms with van der Waals surface area (Å²) in [6.45, 7) is 6.28. The van der Waals surface area contributed by atoms with E-state index in [4.69, 9.17) is 0 Å². The van der Waals surface area contributed by atoms with Crippen LogP contribution in [0.3, 0.4) is 0 Å². The predicted octanol–water partition coefficient (Wildman–Crippen LogP) is 3.58. The molecule has 0 saturated heterocycles. The van der Waals surface area contributed by atoms with Crippen LogP contribution in [0.5, 0.6) is 0 Å². The molecule has 2 rings (SSSR count). The van der Waals surface area contributed by atoms with Crippen LogP contribution in [-0.2, 0) is 6.42 Å². The lowest BCUT2D eigenvalue weighted by Gasteiger charge is -2.13. The molecule has 1 aliphatic carbocycles. The van der Waals surface area contributed by atoms with Gasteiger partial charge in [-0.15, -0.1) is 0 Å². The normalized spacial score (nSPS) is 20.7. The number of benzene rings is 1. The average molecular weight is 173 g/mol. The second-order valence-electron chi connectivity index (χ2n) is 4.28. The minimum atomic E-state index is 0.580. The zero-order valence-electron chi connectivity index (χ0n) is 8.29. The maximum atomic E-state index is 4.07. The monoisotopic (exact) mass is 173 g/mol.